The van der Waals surface area contributed by atoms with E-state index >= 15 is 0 Å². The van der Waals surface area contributed by atoms with E-state index in [0.717, 1.165) is 0 Å². The molecule has 3 aliphatic rings. The van der Waals surface area contributed by atoms with E-state index in [1.807, 2.05) is 9.99 Å². The second-order valence-corrected chi connectivity index (χ2v) is 17.0. The van der Waals surface area contributed by atoms with Crippen molar-refractivity contribution in [1.29, 1.82) is 0 Å². The van der Waals surface area contributed by atoms with Crippen LogP contribution in [0.3, 0.4) is 0 Å². The van der Waals surface area contributed by atoms with Gasteiger partial charge in [-0.15, -0.1) is 0 Å². The third-order valence-corrected chi connectivity index (χ3v) is 18.0. The van der Waals surface area contributed by atoms with Gasteiger partial charge in [-0.2, -0.15) is 0 Å². The molecule has 3 aliphatic carbocycles. The molecule has 0 atom stereocenters. The topological polar surface area (TPSA) is 0 Å². The Morgan fingerprint density at radius 2 is 1.04 bits per heavy atom. The Bertz CT molecular complexity index is 654. The first kappa shape index (κ1) is 20.1. The Kier molecular flexibility index (Phi) is 7.73. The van der Waals surface area contributed by atoms with Crippen LogP contribution < -0.4 is 0 Å². The van der Waals surface area contributed by atoms with Crippen LogP contribution in [-0.2, 0) is 21.4 Å². The zero-order chi connectivity index (χ0) is 18.4. The predicted molar refractivity (Wildman–Crippen MR) is 112 cm³/mol. The normalized spacial score (nSPS) is 19.0. The Morgan fingerprint density at radius 3 is 1.42 bits per heavy atom. The van der Waals surface area contributed by atoms with Gasteiger partial charge < -0.3 is 0 Å². The molecule has 0 spiro atoms. The van der Waals surface area contributed by atoms with E-state index in [2.05, 4.69) is 57.2 Å². The summed E-state index contributed by atoms with van der Waals surface area (Å²) >= 11 is -2.17. The van der Waals surface area contributed by atoms with Gasteiger partial charge in [0.05, 0.1) is 0 Å². The molecule has 0 heterocycles. The number of hydrogen-bond acceptors (Lipinski definition) is 0. The van der Waals surface area contributed by atoms with Crippen LogP contribution in [-0.4, -0.2) is 0 Å². The molecule has 0 saturated heterocycles. The molecule has 0 nitrogen and oxygen atoms in total. The van der Waals surface area contributed by atoms with Crippen molar-refractivity contribution < 1.29 is 21.4 Å². The van der Waals surface area contributed by atoms with E-state index < -0.39 is 21.4 Å². The molecule has 0 aromatic carbocycles. The average molecular weight is 514 g/mol. The molecule has 0 bridgehead atoms. The van der Waals surface area contributed by atoms with Gasteiger partial charge in [0.1, 0.15) is 0 Å². The third kappa shape index (κ3) is 4.41. The van der Waals surface area contributed by atoms with Gasteiger partial charge in [-0.05, 0) is 0 Å². The molecule has 0 N–H and O–H groups in total. The van der Waals surface area contributed by atoms with Crippen molar-refractivity contribution in [3.8, 4) is 0 Å². The molecule has 26 heavy (non-hydrogen) atoms. The van der Waals surface area contributed by atoms with Crippen LogP contribution in [0.2, 0.25) is 0 Å². The predicted octanol–water partition coefficient (Wildman–Crippen LogP) is 8.04. The first-order valence-corrected chi connectivity index (χ1v) is 16.2. The van der Waals surface area contributed by atoms with Crippen LogP contribution in [0.15, 0.2) is 63.2 Å². The second kappa shape index (κ2) is 10.0. The van der Waals surface area contributed by atoms with E-state index in [0.29, 0.717) is 0 Å². The van der Waals surface area contributed by atoms with Crippen LogP contribution in [0.4, 0.5) is 0 Å². The zero-order valence-electron chi connectivity index (χ0n) is 17.0. The van der Waals surface area contributed by atoms with Gasteiger partial charge >= 0.3 is 170 Å². The molecule has 0 unspecified atom stereocenters. The van der Waals surface area contributed by atoms with Crippen molar-refractivity contribution in [2.75, 3.05) is 0 Å². The minimum absolute atomic E-state index is 1.25. The molecule has 0 radical (unpaired) electrons. The van der Waals surface area contributed by atoms with Crippen molar-refractivity contribution >= 4 is 0 Å². The fourth-order valence-electron chi connectivity index (χ4n) is 4.60. The van der Waals surface area contributed by atoms with Gasteiger partial charge in [-0.25, -0.2) is 0 Å². The van der Waals surface area contributed by atoms with E-state index in [1.54, 1.807) is 16.7 Å². The monoisotopic (exact) mass is 515 g/mol. The molecular formula is C25H35Hf. The van der Waals surface area contributed by atoms with Crippen LogP contribution in [0.1, 0.15) is 85.0 Å². The Labute approximate surface area is 169 Å². The number of hydrogen-bond donors (Lipinski definition) is 0. The fourth-order valence-corrected chi connectivity index (χ4v) is 17.7. The molecule has 0 amide bonds. The van der Waals surface area contributed by atoms with Crippen LogP contribution in [0.5, 0.6) is 0 Å². The first-order chi connectivity index (χ1) is 12.8. The van der Waals surface area contributed by atoms with Crippen LogP contribution in [0, 0.1) is 0 Å². The number of unbranched alkanes of at least 4 members (excludes halogenated alkanes) is 1. The standard InChI is InChI=1S/C9H13.2C8H11.Hf/c1-2-3-6-9-7-4-5-8-9;2*1-2-5-8-6-3-4-7-8;/h4,7H,2-3,5-6H2,1H3;2*3,6H,2,4-5H2,1H3;. The molecule has 0 aliphatic heterocycles. The van der Waals surface area contributed by atoms with Crippen LogP contribution in [0.25, 0.3) is 0 Å². The molecular weight excluding hydrogens is 479 g/mol. The second-order valence-electron chi connectivity index (χ2n) is 7.81. The van der Waals surface area contributed by atoms with Gasteiger partial charge in [-0.3, -0.25) is 0 Å². The van der Waals surface area contributed by atoms with Crippen molar-refractivity contribution in [2.45, 2.75) is 85.0 Å². The number of rotatable bonds is 10. The van der Waals surface area contributed by atoms with Gasteiger partial charge in [0.2, 0.25) is 0 Å². The summed E-state index contributed by atoms with van der Waals surface area (Å²) in [7, 11) is 0. The number of allylic oxidation sites excluding steroid dienone is 12. The van der Waals surface area contributed by atoms with Gasteiger partial charge in [0, 0.05) is 0 Å². The summed E-state index contributed by atoms with van der Waals surface area (Å²) in [5, 5.41) is 0. The maximum absolute atomic E-state index is 2.49. The SMILES string of the molecule is CCCCC1=[C]([Hf]([C]2=C(CCC)C=CC2)[C]2=C(CCC)C=CC2)CC=C1. The van der Waals surface area contributed by atoms with E-state index in [1.165, 1.54) is 64.2 Å². The van der Waals surface area contributed by atoms with Crippen LogP contribution >= 0.6 is 0 Å². The minimum atomic E-state index is -2.17. The summed E-state index contributed by atoms with van der Waals surface area (Å²) in [6.07, 6.45) is 27.7. The Morgan fingerprint density at radius 1 is 0.615 bits per heavy atom. The van der Waals surface area contributed by atoms with Gasteiger partial charge in [-0.1, -0.05) is 0 Å². The maximum atomic E-state index is 2.49. The summed E-state index contributed by atoms with van der Waals surface area (Å²) in [5.41, 5.74) is 5.18. The molecule has 0 aromatic heterocycles. The summed E-state index contributed by atoms with van der Waals surface area (Å²) in [6, 6.07) is 0. The third-order valence-electron chi connectivity index (χ3n) is 5.83. The van der Waals surface area contributed by atoms with E-state index in [-0.39, 0.29) is 0 Å². The Balaban J connectivity index is 2.03. The van der Waals surface area contributed by atoms with Crippen molar-refractivity contribution in [3.05, 3.63) is 63.2 Å². The fraction of sp³-hybridized carbons (Fsp3) is 0.520. The molecule has 139 valence electrons. The molecule has 3 rings (SSSR count). The van der Waals surface area contributed by atoms with Crippen molar-refractivity contribution in [1.82, 2.24) is 0 Å². The van der Waals surface area contributed by atoms with Gasteiger partial charge in [0.15, 0.2) is 0 Å². The average Bonchev–Trinajstić information content (AvgIpc) is 3.38. The zero-order valence-corrected chi connectivity index (χ0v) is 20.6. The quantitative estimate of drug-likeness (QED) is 0.259. The molecule has 0 saturated carbocycles. The molecule has 1 heteroatoms. The summed E-state index contributed by atoms with van der Waals surface area (Å²) < 4.78 is 5.79. The molecule has 0 fully saturated rings. The van der Waals surface area contributed by atoms with Crippen molar-refractivity contribution in [3.63, 3.8) is 0 Å². The molecule has 0 aromatic rings. The van der Waals surface area contributed by atoms with Gasteiger partial charge in [0.25, 0.3) is 0 Å². The first-order valence-electron chi connectivity index (χ1n) is 10.8. The van der Waals surface area contributed by atoms with E-state index in [4.69, 9.17) is 0 Å². The summed E-state index contributed by atoms with van der Waals surface area (Å²) in [4.78, 5) is 0. The summed E-state index contributed by atoms with van der Waals surface area (Å²) in [6.45, 7) is 7.00. The summed E-state index contributed by atoms with van der Waals surface area (Å²) in [5.74, 6) is 0. The Hall–Kier alpha value is -0.690. The van der Waals surface area contributed by atoms with E-state index in [9.17, 15) is 0 Å². The van der Waals surface area contributed by atoms with Crippen molar-refractivity contribution in [2.24, 2.45) is 0 Å².